The van der Waals surface area contributed by atoms with Gasteiger partial charge in [0.2, 0.25) is 0 Å². The van der Waals surface area contributed by atoms with Crippen LogP contribution in [0.25, 0.3) is 6.08 Å². The van der Waals surface area contributed by atoms with Crippen LogP contribution < -0.4 is 0 Å². The van der Waals surface area contributed by atoms with E-state index in [1.165, 1.54) is 0 Å². The van der Waals surface area contributed by atoms with Gasteiger partial charge in [-0.15, -0.1) is 11.3 Å². The van der Waals surface area contributed by atoms with Gasteiger partial charge in [-0.1, -0.05) is 17.7 Å². The highest BCUT2D eigenvalue weighted by atomic mass is 35.5. The van der Waals surface area contributed by atoms with Crippen LogP contribution in [0, 0.1) is 0 Å². The minimum Gasteiger partial charge on any atom is -0.392 e. The number of hydrogen-bond donors (Lipinski definition) is 1. The maximum atomic E-state index is 8.43. The number of aliphatic hydroxyl groups excluding tert-OH is 1. The van der Waals surface area contributed by atoms with Crippen LogP contribution in [0.1, 0.15) is 4.88 Å². The summed E-state index contributed by atoms with van der Waals surface area (Å²) in [7, 11) is 0. The van der Waals surface area contributed by atoms with Gasteiger partial charge in [0.15, 0.2) is 0 Å². The van der Waals surface area contributed by atoms with Crippen molar-refractivity contribution in [1.82, 2.24) is 0 Å². The van der Waals surface area contributed by atoms with Gasteiger partial charge in [0.05, 0.1) is 11.6 Å². The average molecular weight is 175 g/mol. The van der Waals surface area contributed by atoms with Gasteiger partial charge < -0.3 is 5.11 Å². The Morgan fingerprint density at radius 2 is 2.50 bits per heavy atom. The zero-order valence-electron chi connectivity index (χ0n) is 5.25. The molecule has 0 aromatic carbocycles. The van der Waals surface area contributed by atoms with Crippen molar-refractivity contribution in [2.24, 2.45) is 0 Å². The predicted octanol–water partition coefficient (Wildman–Crippen LogP) is 2.41. The Labute approximate surface area is 68.6 Å². The van der Waals surface area contributed by atoms with E-state index in [0.717, 1.165) is 9.90 Å². The van der Waals surface area contributed by atoms with Crippen LogP contribution >= 0.6 is 22.9 Å². The molecule has 1 aromatic heterocycles. The topological polar surface area (TPSA) is 20.2 Å². The molecule has 0 radical (unpaired) electrons. The minimum absolute atomic E-state index is 0.0637. The van der Waals surface area contributed by atoms with E-state index in [2.05, 4.69) is 0 Å². The summed E-state index contributed by atoms with van der Waals surface area (Å²) in [6.07, 6.45) is 3.48. The first-order valence-corrected chi connectivity index (χ1v) is 4.10. The van der Waals surface area contributed by atoms with Crippen LogP contribution in [0.5, 0.6) is 0 Å². The Bertz CT molecular complexity index is 229. The molecular weight excluding hydrogens is 168 g/mol. The molecule has 1 rings (SSSR count). The van der Waals surface area contributed by atoms with Crippen molar-refractivity contribution < 1.29 is 5.11 Å². The number of halogens is 1. The predicted molar refractivity (Wildman–Crippen MR) is 45.4 cm³/mol. The van der Waals surface area contributed by atoms with Gasteiger partial charge in [-0.05, 0) is 17.5 Å². The summed E-state index contributed by atoms with van der Waals surface area (Å²) in [6.45, 7) is 0.0637. The molecule has 10 heavy (non-hydrogen) atoms. The van der Waals surface area contributed by atoms with Gasteiger partial charge in [-0.25, -0.2) is 0 Å². The van der Waals surface area contributed by atoms with Crippen molar-refractivity contribution in [1.29, 1.82) is 0 Å². The smallest absolute Gasteiger partial charge is 0.0615 e. The first kappa shape index (κ1) is 7.79. The molecule has 0 aliphatic carbocycles. The minimum atomic E-state index is 0.0637. The Hall–Kier alpha value is -0.310. The van der Waals surface area contributed by atoms with Gasteiger partial charge in [-0.2, -0.15) is 0 Å². The summed E-state index contributed by atoms with van der Waals surface area (Å²) in [5.74, 6) is 0. The second kappa shape index (κ2) is 3.76. The normalized spacial score (nSPS) is 11.0. The molecule has 1 N–H and O–H groups in total. The summed E-state index contributed by atoms with van der Waals surface area (Å²) in [6, 6.07) is 1.84. The van der Waals surface area contributed by atoms with Crippen LogP contribution in [0.2, 0.25) is 5.02 Å². The summed E-state index contributed by atoms with van der Waals surface area (Å²) in [5, 5.41) is 11.1. The highest BCUT2D eigenvalue weighted by Crippen LogP contribution is 2.22. The quantitative estimate of drug-likeness (QED) is 0.730. The van der Waals surface area contributed by atoms with Crippen LogP contribution in [-0.4, -0.2) is 11.7 Å². The second-order valence-corrected chi connectivity index (χ2v) is 3.07. The van der Waals surface area contributed by atoms with Crippen molar-refractivity contribution in [3.63, 3.8) is 0 Å². The molecule has 0 bridgehead atoms. The number of hydrogen-bond acceptors (Lipinski definition) is 2. The fourth-order valence-corrected chi connectivity index (χ4v) is 1.62. The maximum Gasteiger partial charge on any atom is 0.0615 e. The number of rotatable bonds is 2. The Morgan fingerprint density at radius 3 is 3.00 bits per heavy atom. The Morgan fingerprint density at radius 1 is 1.70 bits per heavy atom. The summed E-state index contributed by atoms with van der Waals surface area (Å²) in [4.78, 5) is 0.996. The molecule has 0 atom stereocenters. The molecule has 54 valence electrons. The lowest BCUT2D eigenvalue weighted by molar-refractivity contribution is 0.343. The van der Waals surface area contributed by atoms with Crippen LogP contribution in [0.4, 0.5) is 0 Å². The molecule has 1 heterocycles. The van der Waals surface area contributed by atoms with Crippen LogP contribution in [-0.2, 0) is 0 Å². The van der Waals surface area contributed by atoms with Crippen LogP contribution in [0.15, 0.2) is 17.5 Å². The molecule has 0 spiro atoms. The summed E-state index contributed by atoms with van der Waals surface area (Å²) in [5.41, 5.74) is 0. The van der Waals surface area contributed by atoms with E-state index in [-0.39, 0.29) is 6.61 Å². The highest BCUT2D eigenvalue weighted by Gasteiger charge is 1.94. The third-order valence-electron chi connectivity index (χ3n) is 1.02. The van der Waals surface area contributed by atoms with Crippen molar-refractivity contribution >= 4 is 29.0 Å². The fraction of sp³-hybridized carbons (Fsp3) is 0.143. The molecule has 0 aliphatic heterocycles. The van der Waals surface area contributed by atoms with E-state index in [0.29, 0.717) is 0 Å². The standard InChI is InChI=1S/C7H7ClOS/c8-6-3-5-10-7(6)2-1-4-9/h1-3,5,9H,4H2. The van der Waals surface area contributed by atoms with Crippen molar-refractivity contribution in [3.8, 4) is 0 Å². The monoisotopic (exact) mass is 174 g/mol. The lowest BCUT2D eigenvalue weighted by Crippen LogP contribution is -1.69. The number of aliphatic hydroxyl groups is 1. The van der Waals surface area contributed by atoms with Gasteiger partial charge in [0.1, 0.15) is 0 Å². The molecular formula is C7H7ClOS. The van der Waals surface area contributed by atoms with Gasteiger partial charge in [0, 0.05) is 4.88 Å². The van der Waals surface area contributed by atoms with Crippen LogP contribution in [0.3, 0.4) is 0 Å². The molecule has 0 aliphatic rings. The fourth-order valence-electron chi connectivity index (χ4n) is 0.584. The van der Waals surface area contributed by atoms with Gasteiger partial charge in [-0.3, -0.25) is 0 Å². The first-order valence-electron chi connectivity index (χ1n) is 2.85. The van der Waals surface area contributed by atoms with E-state index in [1.54, 1.807) is 17.4 Å². The molecule has 0 unspecified atom stereocenters. The lowest BCUT2D eigenvalue weighted by Gasteiger charge is -1.84. The lowest BCUT2D eigenvalue weighted by atomic mass is 10.4. The molecule has 0 saturated carbocycles. The molecule has 1 nitrogen and oxygen atoms in total. The zero-order chi connectivity index (χ0) is 7.40. The maximum absolute atomic E-state index is 8.43. The Balaban J connectivity index is 2.74. The third-order valence-corrected chi connectivity index (χ3v) is 2.34. The van der Waals surface area contributed by atoms with E-state index < -0.39 is 0 Å². The largest absolute Gasteiger partial charge is 0.392 e. The van der Waals surface area contributed by atoms with E-state index in [4.69, 9.17) is 16.7 Å². The molecule has 0 fully saturated rings. The summed E-state index contributed by atoms with van der Waals surface area (Å²) >= 11 is 7.31. The van der Waals surface area contributed by atoms with E-state index >= 15 is 0 Å². The van der Waals surface area contributed by atoms with Crippen molar-refractivity contribution in [3.05, 3.63) is 27.4 Å². The first-order chi connectivity index (χ1) is 4.84. The molecule has 0 amide bonds. The van der Waals surface area contributed by atoms with E-state index in [9.17, 15) is 0 Å². The molecule has 0 saturated heterocycles. The SMILES string of the molecule is OCC=Cc1sccc1Cl. The zero-order valence-corrected chi connectivity index (χ0v) is 6.82. The van der Waals surface area contributed by atoms with Crippen molar-refractivity contribution in [2.45, 2.75) is 0 Å². The molecule has 1 aromatic rings. The van der Waals surface area contributed by atoms with Gasteiger partial charge >= 0.3 is 0 Å². The summed E-state index contributed by atoms with van der Waals surface area (Å²) < 4.78 is 0. The van der Waals surface area contributed by atoms with Crippen molar-refractivity contribution in [2.75, 3.05) is 6.61 Å². The third kappa shape index (κ3) is 1.84. The Kier molecular flexibility index (Phi) is 2.93. The number of thiophene rings is 1. The molecule has 3 heteroatoms. The van der Waals surface area contributed by atoms with E-state index in [1.807, 2.05) is 17.5 Å². The average Bonchev–Trinajstić information content (AvgIpc) is 2.31. The second-order valence-electron chi connectivity index (χ2n) is 1.72. The highest BCUT2D eigenvalue weighted by molar-refractivity contribution is 7.11. The van der Waals surface area contributed by atoms with Gasteiger partial charge in [0.25, 0.3) is 0 Å².